The molecule has 1 rings (SSSR count). The van der Waals surface area contributed by atoms with E-state index in [0.29, 0.717) is 12.1 Å². The summed E-state index contributed by atoms with van der Waals surface area (Å²) >= 11 is 3.57. The lowest BCUT2D eigenvalue weighted by Gasteiger charge is -2.21. The molecule has 90 valence electrons. The van der Waals surface area contributed by atoms with E-state index in [1.807, 2.05) is 13.0 Å². The molecule has 0 fully saturated rings. The smallest absolute Gasteiger partial charge is 0.0616 e. The number of nitrogens with one attached hydrogen (secondary N) is 1. The van der Waals surface area contributed by atoms with Crippen molar-refractivity contribution in [3.05, 3.63) is 34.3 Å². The second-order valence-corrected chi connectivity index (χ2v) is 4.82. The van der Waals surface area contributed by atoms with Gasteiger partial charge in [-0.05, 0) is 32.4 Å². The molecule has 16 heavy (non-hydrogen) atoms. The highest BCUT2D eigenvalue weighted by atomic mass is 79.9. The minimum absolute atomic E-state index is 0.325. The second kappa shape index (κ2) is 7.05. The van der Waals surface area contributed by atoms with Crippen LogP contribution in [0.15, 0.2) is 28.7 Å². The summed E-state index contributed by atoms with van der Waals surface area (Å²) in [5.41, 5.74) is 1.28. The fourth-order valence-electron chi connectivity index (χ4n) is 1.69. The molecule has 3 heteroatoms. The van der Waals surface area contributed by atoms with Gasteiger partial charge >= 0.3 is 0 Å². The number of benzene rings is 1. The standard InChI is InChI=1S/C13H20BrNO/c1-4-16-9-10(2)15-11(3)12-7-5-6-8-13(12)14/h5-8,10-11,15H,4,9H2,1-3H3/t10?,11-/m0/s1. The van der Waals surface area contributed by atoms with Crippen LogP contribution in [0.25, 0.3) is 0 Å². The Morgan fingerprint density at radius 2 is 2.00 bits per heavy atom. The van der Waals surface area contributed by atoms with Crippen molar-refractivity contribution >= 4 is 15.9 Å². The van der Waals surface area contributed by atoms with Gasteiger partial charge in [0.2, 0.25) is 0 Å². The van der Waals surface area contributed by atoms with Gasteiger partial charge in [0.15, 0.2) is 0 Å². The van der Waals surface area contributed by atoms with Gasteiger partial charge in [-0.3, -0.25) is 0 Å². The molecule has 2 atom stereocenters. The first kappa shape index (κ1) is 13.7. The molecular weight excluding hydrogens is 266 g/mol. The summed E-state index contributed by atoms with van der Waals surface area (Å²) in [5.74, 6) is 0. The highest BCUT2D eigenvalue weighted by Crippen LogP contribution is 2.22. The first-order valence-corrected chi connectivity index (χ1v) is 6.52. The molecular formula is C13H20BrNO. The van der Waals surface area contributed by atoms with Crippen LogP contribution in [0.3, 0.4) is 0 Å². The minimum Gasteiger partial charge on any atom is -0.380 e. The summed E-state index contributed by atoms with van der Waals surface area (Å²) in [6, 6.07) is 8.98. The molecule has 1 aromatic carbocycles. The van der Waals surface area contributed by atoms with Crippen molar-refractivity contribution in [1.29, 1.82) is 0 Å². The topological polar surface area (TPSA) is 21.3 Å². The lowest BCUT2D eigenvalue weighted by molar-refractivity contribution is 0.124. The molecule has 0 spiro atoms. The van der Waals surface area contributed by atoms with Gasteiger partial charge in [-0.2, -0.15) is 0 Å². The highest BCUT2D eigenvalue weighted by molar-refractivity contribution is 9.10. The van der Waals surface area contributed by atoms with Crippen LogP contribution >= 0.6 is 15.9 Å². The molecule has 0 aliphatic carbocycles. The van der Waals surface area contributed by atoms with Crippen molar-refractivity contribution in [1.82, 2.24) is 5.32 Å². The van der Waals surface area contributed by atoms with Gasteiger partial charge in [-0.25, -0.2) is 0 Å². The number of halogens is 1. The Hall–Kier alpha value is -0.380. The van der Waals surface area contributed by atoms with Crippen LogP contribution in [-0.2, 0) is 4.74 Å². The number of rotatable bonds is 6. The molecule has 0 saturated carbocycles. The van der Waals surface area contributed by atoms with Crippen LogP contribution in [0.2, 0.25) is 0 Å². The Labute approximate surface area is 107 Å². The van der Waals surface area contributed by atoms with Crippen LogP contribution in [0, 0.1) is 0 Å². The van der Waals surface area contributed by atoms with Gasteiger partial charge in [0.05, 0.1) is 6.61 Å². The Morgan fingerprint density at radius 1 is 1.31 bits per heavy atom. The fraction of sp³-hybridized carbons (Fsp3) is 0.538. The molecule has 0 bridgehead atoms. The van der Waals surface area contributed by atoms with E-state index >= 15 is 0 Å². The van der Waals surface area contributed by atoms with Crippen LogP contribution in [0.1, 0.15) is 32.4 Å². The van der Waals surface area contributed by atoms with Gasteiger partial charge in [0, 0.05) is 23.2 Å². The lowest BCUT2D eigenvalue weighted by Crippen LogP contribution is -2.33. The van der Waals surface area contributed by atoms with E-state index in [1.165, 1.54) is 5.56 Å². The third-order valence-corrected chi connectivity index (χ3v) is 3.20. The van der Waals surface area contributed by atoms with Crippen LogP contribution in [0.4, 0.5) is 0 Å². The zero-order valence-electron chi connectivity index (χ0n) is 10.2. The predicted molar refractivity (Wildman–Crippen MR) is 71.6 cm³/mol. The molecule has 2 nitrogen and oxygen atoms in total. The molecule has 1 aromatic rings. The quantitative estimate of drug-likeness (QED) is 0.864. The largest absolute Gasteiger partial charge is 0.380 e. The Morgan fingerprint density at radius 3 is 2.62 bits per heavy atom. The van der Waals surface area contributed by atoms with E-state index in [1.54, 1.807) is 0 Å². The fourth-order valence-corrected chi connectivity index (χ4v) is 2.31. The van der Waals surface area contributed by atoms with E-state index in [2.05, 4.69) is 53.3 Å². The number of ether oxygens (including phenoxy) is 1. The monoisotopic (exact) mass is 285 g/mol. The Bertz CT molecular complexity index is 317. The van der Waals surface area contributed by atoms with E-state index < -0.39 is 0 Å². The average molecular weight is 286 g/mol. The zero-order chi connectivity index (χ0) is 12.0. The summed E-state index contributed by atoms with van der Waals surface area (Å²) in [5, 5.41) is 3.52. The third kappa shape index (κ3) is 4.24. The molecule has 0 aliphatic rings. The molecule has 0 aliphatic heterocycles. The first-order chi connectivity index (χ1) is 7.65. The van der Waals surface area contributed by atoms with E-state index in [0.717, 1.165) is 17.7 Å². The SMILES string of the molecule is CCOCC(C)N[C@@H](C)c1ccccc1Br. The van der Waals surface area contributed by atoms with E-state index in [-0.39, 0.29) is 0 Å². The van der Waals surface area contributed by atoms with E-state index in [4.69, 9.17) is 4.74 Å². The van der Waals surface area contributed by atoms with Gasteiger partial charge < -0.3 is 10.1 Å². The Balaban J connectivity index is 2.52. The molecule has 0 radical (unpaired) electrons. The Kier molecular flexibility index (Phi) is 6.03. The van der Waals surface area contributed by atoms with Gasteiger partial charge in [-0.15, -0.1) is 0 Å². The third-order valence-electron chi connectivity index (χ3n) is 2.48. The summed E-state index contributed by atoms with van der Waals surface area (Å²) in [6.07, 6.45) is 0. The van der Waals surface area contributed by atoms with Crippen molar-refractivity contribution in [3.8, 4) is 0 Å². The summed E-state index contributed by atoms with van der Waals surface area (Å²) in [4.78, 5) is 0. The summed E-state index contributed by atoms with van der Waals surface area (Å²) < 4.78 is 6.54. The van der Waals surface area contributed by atoms with E-state index in [9.17, 15) is 0 Å². The van der Waals surface area contributed by atoms with Gasteiger partial charge in [0.1, 0.15) is 0 Å². The van der Waals surface area contributed by atoms with Crippen molar-refractivity contribution in [3.63, 3.8) is 0 Å². The maximum atomic E-state index is 5.39. The van der Waals surface area contributed by atoms with Crippen molar-refractivity contribution in [2.45, 2.75) is 32.9 Å². The first-order valence-electron chi connectivity index (χ1n) is 5.73. The molecule has 0 amide bonds. The average Bonchev–Trinajstić information content (AvgIpc) is 2.26. The molecule has 0 saturated heterocycles. The lowest BCUT2D eigenvalue weighted by atomic mass is 10.1. The van der Waals surface area contributed by atoms with Gasteiger partial charge in [-0.1, -0.05) is 34.1 Å². The number of hydrogen-bond donors (Lipinski definition) is 1. The van der Waals surface area contributed by atoms with Crippen molar-refractivity contribution in [2.24, 2.45) is 0 Å². The van der Waals surface area contributed by atoms with Crippen LogP contribution in [0.5, 0.6) is 0 Å². The highest BCUT2D eigenvalue weighted by Gasteiger charge is 2.11. The molecule has 0 aromatic heterocycles. The maximum absolute atomic E-state index is 5.39. The van der Waals surface area contributed by atoms with Crippen LogP contribution < -0.4 is 5.32 Å². The van der Waals surface area contributed by atoms with Gasteiger partial charge in [0.25, 0.3) is 0 Å². The second-order valence-electron chi connectivity index (χ2n) is 3.97. The minimum atomic E-state index is 0.325. The van der Waals surface area contributed by atoms with Crippen molar-refractivity contribution < 1.29 is 4.74 Å². The normalized spacial score (nSPS) is 14.8. The number of hydrogen-bond acceptors (Lipinski definition) is 2. The maximum Gasteiger partial charge on any atom is 0.0616 e. The zero-order valence-corrected chi connectivity index (χ0v) is 11.8. The van der Waals surface area contributed by atoms with Crippen LogP contribution in [-0.4, -0.2) is 19.3 Å². The summed E-state index contributed by atoms with van der Waals surface area (Å²) in [6.45, 7) is 7.86. The predicted octanol–water partition coefficient (Wildman–Crippen LogP) is 3.52. The molecule has 0 heterocycles. The summed E-state index contributed by atoms with van der Waals surface area (Å²) in [7, 11) is 0. The molecule has 1 unspecified atom stereocenters. The van der Waals surface area contributed by atoms with Crippen molar-refractivity contribution in [2.75, 3.05) is 13.2 Å². The molecule has 1 N–H and O–H groups in total.